The van der Waals surface area contributed by atoms with Gasteiger partial charge in [0.15, 0.2) is 16.5 Å². The van der Waals surface area contributed by atoms with Gasteiger partial charge in [0.05, 0.1) is 5.56 Å². The number of halogens is 3. The number of benzene rings is 1. The van der Waals surface area contributed by atoms with Gasteiger partial charge in [-0.05, 0) is 13.3 Å². The molecular formula is C21H20F3N5O3S. The lowest BCUT2D eigenvalue weighted by Crippen LogP contribution is -2.56. The summed E-state index contributed by atoms with van der Waals surface area (Å²) >= 11 is 0.905. The smallest absolute Gasteiger partial charge is 0.277 e. The van der Waals surface area contributed by atoms with Crippen LogP contribution in [0.4, 0.5) is 13.2 Å². The summed E-state index contributed by atoms with van der Waals surface area (Å²) in [5.74, 6) is -4.36. The molecule has 1 amide bonds. The second-order valence-corrected chi connectivity index (χ2v) is 8.84. The van der Waals surface area contributed by atoms with Gasteiger partial charge in [-0.3, -0.25) is 19.3 Å². The van der Waals surface area contributed by atoms with Crippen LogP contribution in [-0.4, -0.2) is 50.5 Å². The summed E-state index contributed by atoms with van der Waals surface area (Å²) in [6.45, 7) is 4.15. The molecule has 0 saturated heterocycles. The van der Waals surface area contributed by atoms with Crippen molar-refractivity contribution in [3.05, 3.63) is 62.3 Å². The van der Waals surface area contributed by atoms with Gasteiger partial charge >= 0.3 is 0 Å². The van der Waals surface area contributed by atoms with Gasteiger partial charge in [0.1, 0.15) is 29.1 Å². The lowest BCUT2D eigenvalue weighted by Gasteiger charge is -2.41. The van der Waals surface area contributed by atoms with Crippen LogP contribution in [0.15, 0.2) is 23.1 Å². The monoisotopic (exact) mass is 479 g/mol. The minimum absolute atomic E-state index is 0.00861. The fourth-order valence-electron chi connectivity index (χ4n) is 3.56. The lowest BCUT2D eigenvalue weighted by molar-refractivity contribution is 0.0724. The number of amides is 1. The van der Waals surface area contributed by atoms with E-state index in [2.05, 4.69) is 10.2 Å². The van der Waals surface area contributed by atoms with Crippen LogP contribution < -0.4 is 10.4 Å². The fraction of sp³-hybridized carbons (Fsp3) is 0.333. The van der Waals surface area contributed by atoms with Gasteiger partial charge in [0.2, 0.25) is 5.43 Å². The average molecular weight is 479 g/mol. The van der Waals surface area contributed by atoms with Crippen LogP contribution in [0, 0.1) is 17.5 Å². The molecule has 1 aromatic carbocycles. The largest absolute Gasteiger partial charge is 0.502 e. The molecule has 0 radical (unpaired) electrons. The number of aromatic nitrogens is 3. The maximum absolute atomic E-state index is 14.0. The molecule has 0 bridgehead atoms. The third kappa shape index (κ3) is 3.94. The van der Waals surface area contributed by atoms with Crippen LogP contribution in [0.25, 0.3) is 10.6 Å². The van der Waals surface area contributed by atoms with Crippen LogP contribution in [0.1, 0.15) is 41.3 Å². The summed E-state index contributed by atoms with van der Waals surface area (Å²) in [4.78, 5) is 26.9. The number of carbonyl (C=O) groups excluding carboxylic acids is 1. The predicted molar refractivity (Wildman–Crippen MR) is 115 cm³/mol. The van der Waals surface area contributed by atoms with E-state index in [-0.39, 0.29) is 46.0 Å². The molecule has 0 saturated carbocycles. The molecule has 0 aliphatic carbocycles. The Labute approximate surface area is 190 Å². The van der Waals surface area contributed by atoms with Crippen molar-refractivity contribution in [2.75, 3.05) is 18.7 Å². The zero-order valence-corrected chi connectivity index (χ0v) is 18.8. The van der Waals surface area contributed by atoms with E-state index in [1.165, 1.54) is 15.8 Å². The summed E-state index contributed by atoms with van der Waals surface area (Å²) in [5.41, 5.74) is -1.35. The van der Waals surface area contributed by atoms with Crippen LogP contribution >= 0.6 is 11.3 Å². The molecule has 8 nitrogen and oxygen atoms in total. The highest BCUT2D eigenvalue weighted by Gasteiger charge is 2.33. The SMILES string of the molecule is CC[C@@H](C)N1CN(C)C(=O)c2c(O)c(=O)c(-c3nnc(Cc4c(F)cc(F)cc4F)s3)cn21. The molecule has 3 heterocycles. The minimum atomic E-state index is -1.05. The summed E-state index contributed by atoms with van der Waals surface area (Å²) < 4.78 is 42.6. The van der Waals surface area contributed by atoms with E-state index >= 15 is 0 Å². The average Bonchev–Trinajstić information content (AvgIpc) is 3.23. The molecule has 3 aromatic rings. The third-order valence-electron chi connectivity index (χ3n) is 5.58. The van der Waals surface area contributed by atoms with Crippen LogP contribution in [0.5, 0.6) is 5.75 Å². The number of hydrogen-bond acceptors (Lipinski definition) is 7. The normalized spacial score (nSPS) is 14.5. The number of pyridine rings is 1. The number of aromatic hydroxyl groups is 1. The first-order valence-corrected chi connectivity index (χ1v) is 10.9. The van der Waals surface area contributed by atoms with E-state index in [0.29, 0.717) is 12.1 Å². The second-order valence-electron chi connectivity index (χ2n) is 7.78. The van der Waals surface area contributed by atoms with Gasteiger partial charge in [-0.15, -0.1) is 10.2 Å². The van der Waals surface area contributed by atoms with E-state index < -0.39 is 34.5 Å². The minimum Gasteiger partial charge on any atom is -0.502 e. The summed E-state index contributed by atoms with van der Waals surface area (Å²) in [7, 11) is 1.57. The first kappa shape index (κ1) is 22.8. The predicted octanol–water partition coefficient (Wildman–Crippen LogP) is 2.86. The number of nitrogens with zero attached hydrogens (tertiary/aromatic N) is 5. The fourth-order valence-corrected chi connectivity index (χ4v) is 4.42. The van der Waals surface area contributed by atoms with Gasteiger partial charge in [0.25, 0.3) is 5.91 Å². The van der Waals surface area contributed by atoms with E-state index in [0.717, 1.165) is 17.8 Å². The van der Waals surface area contributed by atoms with Crippen molar-refractivity contribution in [1.29, 1.82) is 0 Å². The Morgan fingerprint density at radius 1 is 1.18 bits per heavy atom. The maximum Gasteiger partial charge on any atom is 0.277 e. The van der Waals surface area contributed by atoms with Crippen molar-refractivity contribution in [1.82, 2.24) is 19.8 Å². The van der Waals surface area contributed by atoms with Gasteiger partial charge in [-0.25, -0.2) is 13.2 Å². The van der Waals surface area contributed by atoms with Crippen molar-refractivity contribution in [2.24, 2.45) is 0 Å². The molecule has 1 aliphatic rings. The molecule has 0 unspecified atom stereocenters. The van der Waals surface area contributed by atoms with Crippen molar-refractivity contribution < 1.29 is 23.1 Å². The van der Waals surface area contributed by atoms with Crippen molar-refractivity contribution >= 4 is 17.2 Å². The second kappa shape index (κ2) is 8.50. The topological polar surface area (TPSA) is 91.6 Å². The maximum atomic E-state index is 14.0. The molecule has 4 rings (SSSR count). The molecule has 33 heavy (non-hydrogen) atoms. The van der Waals surface area contributed by atoms with Gasteiger partial charge in [-0.1, -0.05) is 18.3 Å². The van der Waals surface area contributed by atoms with Gasteiger partial charge < -0.3 is 10.0 Å². The number of carbonyl (C=O) groups is 1. The summed E-state index contributed by atoms with van der Waals surface area (Å²) in [5, 5.41) is 20.6. The Hall–Kier alpha value is -3.41. The Kier molecular flexibility index (Phi) is 5.87. The van der Waals surface area contributed by atoms with Gasteiger partial charge in [0, 0.05) is 43.4 Å². The Balaban J connectivity index is 1.77. The van der Waals surface area contributed by atoms with E-state index in [9.17, 15) is 27.9 Å². The summed E-state index contributed by atoms with van der Waals surface area (Å²) in [6, 6.07) is 1.13. The van der Waals surface area contributed by atoms with E-state index in [1.807, 2.05) is 18.9 Å². The zero-order chi connectivity index (χ0) is 24.0. The molecule has 1 atom stereocenters. The molecule has 1 aliphatic heterocycles. The van der Waals surface area contributed by atoms with Crippen molar-refractivity contribution in [2.45, 2.75) is 32.7 Å². The summed E-state index contributed by atoms with van der Waals surface area (Å²) in [6.07, 6.45) is 1.86. The highest BCUT2D eigenvalue weighted by Crippen LogP contribution is 2.29. The molecule has 2 aromatic heterocycles. The van der Waals surface area contributed by atoms with Crippen LogP contribution in [0.3, 0.4) is 0 Å². The number of rotatable bonds is 5. The molecule has 12 heteroatoms. The Morgan fingerprint density at radius 2 is 1.85 bits per heavy atom. The first-order valence-electron chi connectivity index (χ1n) is 10.1. The Bertz CT molecular complexity index is 1290. The standard InChI is InChI=1S/C21H20F3N5O3S/c1-4-10(2)29-9-27(3)21(32)17-19(31)18(30)13(8-28(17)29)20-26-25-16(33-20)7-12-14(23)5-11(22)6-15(12)24/h5-6,8,10,31H,4,7,9H2,1-3H3/t10-/m1/s1. The highest BCUT2D eigenvalue weighted by molar-refractivity contribution is 7.14. The zero-order valence-electron chi connectivity index (χ0n) is 18.0. The molecule has 1 N–H and O–H groups in total. The quantitative estimate of drug-likeness (QED) is 0.605. The molecule has 174 valence electrons. The van der Waals surface area contributed by atoms with Crippen LogP contribution in [0.2, 0.25) is 0 Å². The van der Waals surface area contributed by atoms with Crippen molar-refractivity contribution in [3.63, 3.8) is 0 Å². The Morgan fingerprint density at radius 3 is 2.48 bits per heavy atom. The number of hydrogen-bond donors (Lipinski definition) is 1. The third-order valence-corrected chi connectivity index (χ3v) is 6.53. The highest BCUT2D eigenvalue weighted by atomic mass is 32.1. The molecular weight excluding hydrogens is 459 g/mol. The lowest BCUT2D eigenvalue weighted by atomic mass is 10.1. The van der Waals surface area contributed by atoms with Crippen molar-refractivity contribution in [3.8, 4) is 16.3 Å². The number of fused-ring (bicyclic) bond motifs is 1. The molecule has 0 spiro atoms. The van der Waals surface area contributed by atoms with Crippen LogP contribution in [-0.2, 0) is 6.42 Å². The van der Waals surface area contributed by atoms with Gasteiger partial charge in [-0.2, -0.15) is 0 Å². The van der Waals surface area contributed by atoms with E-state index in [4.69, 9.17) is 0 Å². The first-order chi connectivity index (χ1) is 15.6. The molecule has 0 fully saturated rings. The van der Waals surface area contributed by atoms with E-state index in [1.54, 1.807) is 7.05 Å².